The van der Waals surface area contributed by atoms with Crippen LogP contribution in [0.4, 0.5) is 0 Å². The number of methoxy groups -OCH3 is 1. The van der Waals surface area contributed by atoms with Gasteiger partial charge in [0.15, 0.2) is 0 Å². The van der Waals surface area contributed by atoms with Crippen LogP contribution in [-0.4, -0.2) is 30.9 Å². The van der Waals surface area contributed by atoms with Gasteiger partial charge in [0.2, 0.25) is 5.91 Å². The maximum atomic E-state index is 12.0. The first-order valence-electron chi connectivity index (χ1n) is 8.22. The first-order chi connectivity index (χ1) is 13.1. The molecule has 0 spiro atoms. The molecule has 138 valence electrons. The Hall–Kier alpha value is -3.61. The Balaban J connectivity index is 1.62. The van der Waals surface area contributed by atoms with Crippen molar-refractivity contribution in [3.63, 3.8) is 0 Å². The summed E-state index contributed by atoms with van der Waals surface area (Å²) in [5.74, 6) is 0.208. The Morgan fingerprint density at radius 3 is 2.70 bits per heavy atom. The molecule has 1 amide bonds. The fourth-order valence-electron chi connectivity index (χ4n) is 2.48. The van der Waals surface area contributed by atoms with E-state index in [1.54, 1.807) is 43.5 Å². The SMILES string of the molecule is COc1ccc(CNC(=O)CN=Cc2c(O)c3ccccc3oc2=O)cc1. The summed E-state index contributed by atoms with van der Waals surface area (Å²) in [4.78, 5) is 27.8. The number of carbonyl (C=O) groups excluding carboxylic acids is 1. The van der Waals surface area contributed by atoms with Gasteiger partial charge in [0.25, 0.3) is 0 Å². The molecule has 0 atom stereocenters. The summed E-state index contributed by atoms with van der Waals surface area (Å²) in [5, 5.41) is 13.4. The molecule has 2 N–H and O–H groups in total. The van der Waals surface area contributed by atoms with Gasteiger partial charge in [0, 0.05) is 12.8 Å². The van der Waals surface area contributed by atoms with E-state index in [9.17, 15) is 14.7 Å². The molecule has 7 heteroatoms. The van der Waals surface area contributed by atoms with Crippen molar-refractivity contribution in [2.24, 2.45) is 4.99 Å². The predicted molar refractivity (Wildman–Crippen MR) is 101 cm³/mol. The van der Waals surface area contributed by atoms with Gasteiger partial charge in [0.1, 0.15) is 29.2 Å². The first-order valence-corrected chi connectivity index (χ1v) is 8.22. The van der Waals surface area contributed by atoms with E-state index in [0.29, 0.717) is 11.9 Å². The number of nitrogens with zero attached hydrogens (tertiary/aromatic N) is 1. The molecular formula is C20H18N2O5. The molecule has 0 bridgehead atoms. The van der Waals surface area contributed by atoms with Crippen LogP contribution in [0.2, 0.25) is 0 Å². The fraction of sp³-hybridized carbons (Fsp3) is 0.150. The Morgan fingerprint density at radius 1 is 1.22 bits per heavy atom. The lowest BCUT2D eigenvalue weighted by molar-refractivity contribution is -0.119. The second-order valence-electron chi connectivity index (χ2n) is 5.74. The highest BCUT2D eigenvalue weighted by Gasteiger charge is 2.11. The van der Waals surface area contributed by atoms with E-state index in [1.165, 1.54) is 0 Å². The molecule has 0 radical (unpaired) electrons. The van der Waals surface area contributed by atoms with Gasteiger partial charge in [-0.15, -0.1) is 0 Å². The number of aromatic hydroxyl groups is 1. The van der Waals surface area contributed by atoms with Crippen LogP contribution in [0.25, 0.3) is 11.0 Å². The Morgan fingerprint density at radius 2 is 1.96 bits per heavy atom. The zero-order valence-electron chi connectivity index (χ0n) is 14.6. The lowest BCUT2D eigenvalue weighted by Gasteiger charge is -2.05. The monoisotopic (exact) mass is 366 g/mol. The minimum atomic E-state index is -0.714. The maximum Gasteiger partial charge on any atom is 0.348 e. The number of ether oxygens (including phenoxy) is 1. The smallest absolute Gasteiger partial charge is 0.348 e. The van der Waals surface area contributed by atoms with Gasteiger partial charge in [-0.3, -0.25) is 9.79 Å². The van der Waals surface area contributed by atoms with Crippen LogP contribution in [0, 0.1) is 0 Å². The highest BCUT2D eigenvalue weighted by atomic mass is 16.5. The summed E-state index contributed by atoms with van der Waals surface area (Å²) in [6.07, 6.45) is 1.15. The molecule has 0 saturated heterocycles. The maximum absolute atomic E-state index is 12.0. The van der Waals surface area contributed by atoms with Gasteiger partial charge >= 0.3 is 5.63 Å². The molecule has 0 aliphatic rings. The van der Waals surface area contributed by atoms with Gasteiger partial charge in [-0.25, -0.2) is 4.79 Å². The normalized spacial score (nSPS) is 11.0. The highest BCUT2D eigenvalue weighted by molar-refractivity contribution is 5.94. The molecule has 3 aromatic rings. The summed E-state index contributed by atoms with van der Waals surface area (Å²) in [7, 11) is 1.59. The van der Waals surface area contributed by atoms with E-state index >= 15 is 0 Å². The van der Waals surface area contributed by atoms with Gasteiger partial charge in [-0.05, 0) is 29.8 Å². The fourth-order valence-corrected chi connectivity index (χ4v) is 2.48. The molecule has 27 heavy (non-hydrogen) atoms. The van der Waals surface area contributed by atoms with Crippen molar-refractivity contribution in [2.75, 3.05) is 13.7 Å². The van der Waals surface area contributed by atoms with Crippen molar-refractivity contribution in [1.29, 1.82) is 0 Å². The van der Waals surface area contributed by atoms with Crippen molar-refractivity contribution in [2.45, 2.75) is 6.54 Å². The molecule has 1 aromatic heterocycles. The third-order valence-corrected chi connectivity index (χ3v) is 3.92. The minimum absolute atomic E-state index is 0.0864. The van der Waals surface area contributed by atoms with Gasteiger partial charge < -0.3 is 19.6 Å². The number of aliphatic imine (C=N–C) groups is 1. The molecule has 0 aliphatic heterocycles. The highest BCUT2D eigenvalue weighted by Crippen LogP contribution is 2.24. The van der Waals surface area contributed by atoms with Gasteiger partial charge in [-0.1, -0.05) is 24.3 Å². The van der Waals surface area contributed by atoms with Crippen LogP contribution in [0.3, 0.4) is 0 Å². The summed E-state index contributed by atoms with van der Waals surface area (Å²) in [6.45, 7) is 0.170. The van der Waals surface area contributed by atoms with Crippen molar-refractivity contribution >= 4 is 23.1 Å². The summed E-state index contributed by atoms with van der Waals surface area (Å²) < 4.78 is 10.2. The molecule has 7 nitrogen and oxygen atoms in total. The molecule has 0 aliphatic carbocycles. The second-order valence-corrected chi connectivity index (χ2v) is 5.74. The van der Waals surface area contributed by atoms with E-state index in [4.69, 9.17) is 9.15 Å². The Labute approximate surface area is 154 Å². The molecule has 1 heterocycles. The van der Waals surface area contributed by atoms with Crippen molar-refractivity contribution in [1.82, 2.24) is 5.32 Å². The number of amides is 1. The first kappa shape index (κ1) is 18.2. The number of rotatable bonds is 6. The molecular weight excluding hydrogens is 348 g/mol. The number of para-hydroxylation sites is 1. The average Bonchev–Trinajstić information content (AvgIpc) is 2.69. The Kier molecular flexibility index (Phi) is 5.51. The number of carbonyl (C=O) groups is 1. The molecule has 0 unspecified atom stereocenters. The third-order valence-electron chi connectivity index (χ3n) is 3.92. The molecule has 0 saturated carbocycles. The summed E-state index contributed by atoms with van der Waals surface area (Å²) in [5.41, 5.74) is 0.403. The zero-order valence-corrected chi connectivity index (χ0v) is 14.6. The van der Waals surface area contributed by atoms with E-state index in [2.05, 4.69) is 10.3 Å². The lowest BCUT2D eigenvalue weighted by atomic mass is 10.1. The minimum Gasteiger partial charge on any atom is -0.506 e. The standard InChI is InChI=1S/C20H18N2O5/c1-26-14-8-6-13(7-9-14)10-22-18(23)12-21-11-16-19(24)15-4-2-3-5-17(15)27-20(16)25/h2-9,11,24H,10,12H2,1H3,(H,22,23). The number of hydrogen-bond donors (Lipinski definition) is 2. The van der Waals surface area contributed by atoms with Gasteiger partial charge in [-0.2, -0.15) is 0 Å². The summed E-state index contributed by atoms with van der Waals surface area (Å²) >= 11 is 0. The van der Waals surface area contributed by atoms with Crippen molar-refractivity contribution < 1.29 is 19.1 Å². The number of fused-ring (bicyclic) bond motifs is 1. The van der Waals surface area contributed by atoms with Crippen LogP contribution in [0.15, 0.2) is 62.7 Å². The Bertz CT molecular complexity index is 1040. The molecule has 3 rings (SSSR count). The van der Waals surface area contributed by atoms with Crippen molar-refractivity contribution in [3.05, 3.63) is 70.1 Å². The second kappa shape index (κ2) is 8.18. The van der Waals surface area contributed by atoms with Gasteiger partial charge in [0.05, 0.1) is 12.5 Å². The lowest BCUT2D eigenvalue weighted by Crippen LogP contribution is -2.25. The topological polar surface area (TPSA) is 101 Å². The van der Waals surface area contributed by atoms with E-state index in [1.807, 2.05) is 12.1 Å². The average molecular weight is 366 g/mol. The molecule has 2 aromatic carbocycles. The molecule has 0 fully saturated rings. The van der Waals surface area contributed by atoms with Crippen LogP contribution < -0.4 is 15.7 Å². The van der Waals surface area contributed by atoms with Crippen LogP contribution >= 0.6 is 0 Å². The van der Waals surface area contributed by atoms with Crippen molar-refractivity contribution in [3.8, 4) is 11.5 Å². The number of nitrogens with one attached hydrogen (secondary N) is 1. The van der Waals surface area contributed by atoms with Crippen LogP contribution in [-0.2, 0) is 11.3 Å². The quantitative estimate of drug-likeness (QED) is 0.515. The number of hydrogen-bond acceptors (Lipinski definition) is 6. The van der Waals surface area contributed by atoms with Crippen LogP contribution in [0.5, 0.6) is 11.5 Å². The van der Waals surface area contributed by atoms with E-state index in [0.717, 1.165) is 17.5 Å². The van der Waals surface area contributed by atoms with E-state index < -0.39 is 5.63 Å². The summed E-state index contributed by atoms with van der Waals surface area (Å²) in [6, 6.07) is 13.9. The third kappa shape index (κ3) is 4.33. The van der Waals surface area contributed by atoms with Crippen LogP contribution in [0.1, 0.15) is 11.1 Å². The zero-order chi connectivity index (χ0) is 19.2. The predicted octanol–water partition coefficient (Wildman–Crippen LogP) is 2.24. The van der Waals surface area contributed by atoms with E-state index in [-0.39, 0.29) is 29.3 Å². The largest absolute Gasteiger partial charge is 0.506 e. The number of benzene rings is 2.